The Bertz CT molecular complexity index is 624. The summed E-state index contributed by atoms with van der Waals surface area (Å²) < 4.78 is 1.29. The van der Waals surface area contributed by atoms with E-state index in [0.29, 0.717) is 0 Å². The van der Waals surface area contributed by atoms with Gasteiger partial charge in [-0.2, -0.15) is 0 Å². The van der Waals surface area contributed by atoms with Crippen molar-refractivity contribution >= 4 is 22.0 Å². The average molecular weight is 313 g/mol. The summed E-state index contributed by atoms with van der Waals surface area (Å²) in [5, 5.41) is 0. The van der Waals surface area contributed by atoms with Crippen molar-refractivity contribution in [3.63, 3.8) is 0 Å². The highest BCUT2D eigenvalue weighted by Gasteiger charge is 2.17. The highest BCUT2D eigenvalue weighted by molar-refractivity contribution is 9.10. The van der Waals surface area contributed by atoms with Crippen LogP contribution in [0.5, 0.6) is 0 Å². The zero-order valence-electron chi connectivity index (χ0n) is 11.1. The molecule has 0 unspecified atom stereocenters. The Morgan fingerprint density at radius 2 is 1.95 bits per heavy atom. The zero-order valence-corrected chi connectivity index (χ0v) is 12.7. The second-order valence-electron chi connectivity index (χ2n) is 5.01. The minimum absolute atomic E-state index is 1.05. The van der Waals surface area contributed by atoms with E-state index in [1.807, 2.05) is 0 Å². The Morgan fingerprint density at radius 1 is 1.16 bits per heavy atom. The summed E-state index contributed by atoms with van der Waals surface area (Å²) in [6, 6.07) is 13.1. The molecule has 0 heterocycles. The maximum absolute atomic E-state index is 3.79. The van der Waals surface area contributed by atoms with Gasteiger partial charge in [-0.05, 0) is 62.7 Å². The van der Waals surface area contributed by atoms with Gasteiger partial charge in [-0.15, -0.1) is 0 Å². The van der Waals surface area contributed by atoms with Gasteiger partial charge in [0.05, 0.1) is 0 Å². The summed E-state index contributed by atoms with van der Waals surface area (Å²) in [5.41, 5.74) is 6.98. The highest BCUT2D eigenvalue weighted by atomic mass is 79.9. The first-order valence-electron chi connectivity index (χ1n) is 6.87. The fourth-order valence-corrected chi connectivity index (χ4v) is 3.47. The molecule has 0 spiro atoms. The molecule has 19 heavy (non-hydrogen) atoms. The summed E-state index contributed by atoms with van der Waals surface area (Å²) in [4.78, 5) is 0. The third-order valence-corrected chi connectivity index (χ3v) is 4.63. The van der Waals surface area contributed by atoms with Crippen molar-refractivity contribution < 1.29 is 0 Å². The molecule has 2 aromatic rings. The Kier molecular flexibility index (Phi) is 3.56. The minimum atomic E-state index is 1.05. The van der Waals surface area contributed by atoms with Crippen LogP contribution in [0.15, 0.2) is 46.9 Å². The van der Waals surface area contributed by atoms with Crippen molar-refractivity contribution in [1.82, 2.24) is 0 Å². The lowest BCUT2D eigenvalue weighted by Crippen LogP contribution is -1.96. The number of fused-ring (bicyclic) bond motifs is 1. The van der Waals surface area contributed by atoms with Gasteiger partial charge in [0.25, 0.3) is 0 Å². The molecule has 0 aromatic heterocycles. The molecule has 1 aliphatic rings. The normalized spacial score (nSPS) is 12.7. The highest BCUT2D eigenvalue weighted by Crippen LogP contribution is 2.38. The van der Waals surface area contributed by atoms with Crippen LogP contribution in [0.2, 0.25) is 0 Å². The van der Waals surface area contributed by atoms with Crippen molar-refractivity contribution in [2.24, 2.45) is 0 Å². The zero-order chi connectivity index (χ0) is 13.2. The molecule has 3 rings (SSSR count). The number of benzene rings is 2. The molecule has 0 saturated carbocycles. The molecular weight excluding hydrogens is 296 g/mol. The summed E-state index contributed by atoms with van der Waals surface area (Å²) in [6.07, 6.45) is 7.87. The molecular formula is C18H17Br. The first kappa shape index (κ1) is 12.7. The molecule has 0 fully saturated rings. The first-order valence-corrected chi connectivity index (χ1v) is 7.66. The van der Waals surface area contributed by atoms with Crippen LogP contribution in [0.25, 0.3) is 17.2 Å². The summed E-state index contributed by atoms with van der Waals surface area (Å²) in [5.74, 6) is 0. The third-order valence-electron chi connectivity index (χ3n) is 3.70. The maximum Gasteiger partial charge on any atom is 0.0282 e. The number of rotatable bonds is 3. The van der Waals surface area contributed by atoms with Crippen molar-refractivity contribution in [1.29, 1.82) is 0 Å². The van der Waals surface area contributed by atoms with E-state index >= 15 is 0 Å². The molecule has 0 bridgehead atoms. The average Bonchev–Trinajstić information content (AvgIpc) is 2.93. The number of hydrogen-bond donors (Lipinski definition) is 0. The number of halogens is 1. The molecule has 0 N–H and O–H groups in total. The van der Waals surface area contributed by atoms with Crippen molar-refractivity contribution in [2.45, 2.75) is 26.2 Å². The van der Waals surface area contributed by atoms with Gasteiger partial charge in [0.1, 0.15) is 0 Å². The number of aryl methyl sites for hydroxylation is 1. The van der Waals surface area contributed by atoms with Crippen LogP contribution in [-0.4, -0.2) is 0 Å². The topological polar surface area (TPSA) is 0 Å². The van der Waals surface area contributed by atoms with Gasteiger partial charge < -0.3 is 0 Å². The smallest absolute Gasteiger partial charge is 0.0282 e. The molecule has 0 nitrogen and oxygen atoms in total. The fourth-order valence-electron chi connectivity index (χ4n) is 2.79. The van der Waals surface area contributed by atoms with Crippen LogP contribution in [0.1, 0.15) is 30.0 Å². The predicted molar refractivity (Wildman–Crippen MR) is 86.3 cm³/mol. The summed E-state index contributed by atoms with van der Waals surface area (Å²) >= 11 is 3.79. The van der Waals surface area contributed by atoms with Gasteiger partial charge in [0.2, 0.25) is 0 Å². The lowest BCUT2D eigenvalue weighted by Gasteiger charge is -2.15. The van der Waals surface area contributed by atoms with E-state index in [0.717, 1.165) is 12.8 Å². The summed E-state index contributed by atoms with van der Waals surface area (Å²) in [6.45, 7) is 2.23. The van der Waals surface area contributed by atoms with E-state index in [1.54, 1.807) is 0 Å². The van der Waals surface area contributed by atoms with Crippen molar-refractivity contribution in [2.75, 3.05) is 0 Å². The lowest BCUT2D eigenvalue weighted by molar-refractivity contribution is 0.916. The van der Waals surface area contributed by atoms with E-state index in [-0.39, 0.29) is 0 Å². The minimum Gasteiger partial charge on any atom is -0.0794 e. The predicted octanol–water partition coefficient (Wildman–Crippen LogP) is 5.64. The van der Waals surface area contributed by atoms with E-state index in [1.165, 1.54) is 38.7 Å². The third kappa shape index (κ3) is 2.28. The molecule has 1 aliphatic carbocycles. The van der Waals surface area contributed by atoms with Crippen LogP contribution >= 0.6 is 15.9 Å². The van der Waals surface area contributed by atoms with Crippen LogP contribution in [0, 0.1) is 0 Å². The van der Waals surface area contributed by atoms with Crippen LogP contribution in [0.3, 0.4) is 0 Å². The van der Waals surface area contributed by atoms with Crippen LogP contribution in [0.4, 0.5) is 0 Å². The van der Waals surface area contributed by atoms with Gasteiger partial charge >= 0.3 is 0 Å². The van der Waals surface area contributed by atoms with Gasteiger partial charge in [0, 0.05) is 4.47 Å². The Hall–Kier alpha value is -1.34. The van der Waals surface area contributed by atoms with Gasteiger partial charge in [-0.25, -0.2) is 0 Å². The SMILES string of the molecule is CCCc1cc(-c2ccccc2)c2c(c1Br)C=CC2. The van der Waals surface area contributed by atoms with Crippen LogP contribution in [-0.2, 0) is 12.8 Å². The van der Waals surface area contributed by atoms with E-state index in [9.17, 15) is 0 Å². The van der Waals surface area contributed by atoms with E-state index < -0.39 is 0 Å². The van der Waals surface area contributed by atoms with E-state index in [4.69, 9.17) is 0 Å². The Balaban J connectivity index is 2.21. The summed E-state index contributed by atoms with van der Waals surface area (Å²) in [7, 11) is 0. The van der Waals surface area contributed by atoms with Crippen LogP contribution < -0.4 is 0 Å². The molecule has 1 heteroatoms. The molecule has 0 saturated heterocycles. The second-order valence-corrected chi connectivity index (χ2v) is 5.80. The van der Waals surface area contributed by atoms with Gasteiger partial charge in [0.15, 0.2) is 0 Å². The quantitative estimate of drug-likeness (QED) is 0.688. The Labute approximate surface area is 123 Å². The van der Waals surface area contributed by atoms with Crippen molar-refractivity contribution in [3.05, 3.63) is 63.6 Å². The maximum atomic E-state index is 3.79. The molecule has 0 amide bonds. The fraction of sp³-hybridized carbons (Fsp3) is 0.222. The largest absolute Gasteiger partial charge is 0.0794 e. The molecule has 0 radical (unpaired) electrons. The standard InChI is InChI=1S/C18H17Br/c1-2-7-14-12-17(13-8-4-3-5-9-13)15-10-6-11-16(15)18(14)19/h3-6,8-9,11-12H,2,7,10H2,1H3. The first-order chi connectivity index (χ1) is 9.31. The van der Waals surface area contributed by atoms with Crippen molar-refractivity contribution in [3.8, 4) is 11.1 Å². The monoisotopic (exact) mass is 312 g/mol. The molecule has 0 aliphatic heterocycles. The number of hydrogen-bond acceptors (Lipinski definition) is 0. The van der Waals surface area contributed by atoms with E-state index in [2.05, 4.69) is 71.4 Å². The molecule has 2 aromatic carbocycles. The molecule has 0 atom stereocenters. The Morgan fingerprint density at radius 3 is 2.68 bits per heavy atom. The van der Waals surface area contributed by atoms with Gasteiger partial charge in [-0.3, -0.25) is 0 Å². The number of allylic oxidation sites excluding steroid dienone is 1. The lowest BCUT2D eigenvalue weighted by atomic mass is 9.92. The molecule has 96 valence electrons. The second kappa shape index (κ2) is 5.34. The van der Waals surface area contributed by atoms with Gasteiger partial charge in [-0.1, -0.05) is 55.8 Å².